The summed E-state index contributed by atoms with van der Waals surface area (Å²) in [5, 5.41) is 14.1. The fourth-order valence-electron chi connectivity index (χ4n) is 5.90. The van der Waals surface area contributed by atoms with Crippen molar-refractivity contribution in [2.75, 3.05) is 0 Å². The van der Waals surface area contributed by atoms with Crippen molar-refractivity contribution in [1.29, 1.82) is 0 Å². The fraction of sp³-hybridized carbons (Fsp3) is 0.391. The average molecular weight is 455 g/mol. The summed E-state index contributed by atoms with van der Waals surface area (Å²) >= 11 is 0. The quantitative estimate of drug-likeness (QED) is 0.618. The number of rotatable bonds is 2. The van der Waals surface area contributed by atoms with Crippen molar-refractivity contribution < 1.29 is 22.7 Å². The van der Waals surface area contributed by atoms with Crippen LogP contribution in [0.1, 0.15) is 42.7 Å². The minimum absolute atomic E-state index is 0.0319. The molecule has 1 amide bonds. The van der Waals surface area contributed by atoms with Crippen LogP contribution < -0.4 is 4.74 Å². The van der Waals surface area contributed by atoms with Gasteiger partial charge in [-0.3, -0.25) is 4.79 Å². The van der Waals surface area contributed by atoms with Crippen LogP contribution in [0.3, 0.4) is 0 Å². The number of para-hydroxylation sites is 1. The third-order valence-electron chi connectivity index (χ3n) is 7.14. The van der Waals surface area contributed by atoms with Crippen LogP contribution in [0.25, 0.3) is 11.4 Å². The number of nitrogens with zero attached hydrogens (tertiary/aromatic N) is 4. The smallest absolute Gasteiger partial charge is 0.457 e. The number of benzene rings is 2. The zero-order chi connectivity index (χ0) is 22.7. The molecule has 10 heteroatoms. The first-order chi connectivity index (χ1) is 15.9. The van der Waals surface area contributed by atoms with E-state index in [4.69, 9.17) is 4.74 Å². The molecule has 2 fully saturated rings. The maximum atomic E-state index is 13.2. The maximum absolute atomic E-state index is 13.2. The van der Waals surface area contributed by atoms with E-state index in [0.717, 1.165) is 27.3 Å². The zero-order valence-corrected chi connectivity index (χ0v) is 17.4. The Kier molecular flexibility index (Phi) is 4.46. The van der Waals surface area contributed by atoms with E-state index in [1.165, 1.54) is 0 Å². The summed E-state index contributed by atoms with van der Waals surface area (Å²) in [6.07, 6.45) is -2.56. The first-order valence-corrected chi connectivity index (χ1v) is 10.9. The molecule has 3 aliphatic rings. The van der Waals surface area contributed by atoms with E-state index in [0.29, 0.717) is 37.3 Å². The first-order valence-electron chi connectivity index (χ1n) is 10.9. The Bertz CT molecular complexity index is 1200. The Morgan fingerprint density at radius 3 is 2.45 bits per heavy atom. The number of carbonyl (C=O) groups excluding carboxylic acids is 1. The van der Waals surface area contributed by atoms with Gasteiger partial charge in [0.15, 0.2) is 0 Å². The van der Waals surface area contributed by atoms with Gasteiger partial charge < -0.3 is 9.64 Å². The Hall–Kier alpha value is -3.43. The number of piperidine rings is 1. The maximum Gasteiger partial charge on any atom is 0.471 e. The van der Waals surface area contributed by atoms with Gasteiger partial charge in [0.1, 0.15) is 11.5 Å². The molecule has 2 saturated heterocycles. The lowest BCUT2D eigenvalue weighted by atomic mass is 9.72. The monoisotopic (exact) mass is 455 g/mol. The molecule has 170 valence electrons. The van der Waals surface area contributed by atoms with Crippen molar-refractivity contribution in [3.63, 3.8) is 0 Å². The van der Waals surface area contributed by atoms with Crippen LogP contribution in [0.2, 0.25) is 0 Å². The molecular weight excluding hydrogens is 435 g/mol. The number of hydrogen-bond acceptors (Lipinski definition) is 5. The third-order valence-corrected chi connectivity index (χ3v) is 7.14. The van der Waals surface area contributed by atoms with Crippen LogP contribution in [0.5, 0.6) is 11.5 Å². The largest absolute Gasteiger partial charge is 0.471 e. The molecule has 1 aromatic heterocycles. The number of halogens is 3. The van der Waals surface area contributed by atoms with Crippen LogP contribution in [0.4, 0.5) is 13.2 Å². The van der Waals surface area contributed by atoms with Crippen LogP contribution in [0.15, 0.2) is 42.5 Å². The highest BCUT2D eigenvalue weighted by Crippen LogP contribution is 2.53. The number of aromatic nitrogens is 4. The van der Waals surface area contributed by atoms with Crippen LogP contribution in [-0.2, 0) is 4.79 Å². The number of alkyl halides is 3. The summed E-state index contributed by atoms with van der Waals surface area (Å²) in [5.74, 6) is 0.235. The molecule has 0 aliphatic carbocycles. The van der Waals surface area contributed by atoms with Gasteiger partial charge in [0.2, 0.25) is 5.82 Å². The topological polar surface area (TPSA) is 84.0 Å². The number of tetrazole rings is 1. The Labute approximate surface area is 186 Å². The first kappa shape index (κ1) is 20.2. The number of carbonyl (C=O) groups is 1. The number of fused-ring (bicyclic) bond motifs is 4. The number of ether oxygens (including phenoxy) is 1. The van der Waals surface area contributed by atoms with Gasteiger partial charge in [-0.25, -0.2) is 0 Å². The number of H-pyrrole nitrogens is 1. The molecule has 2 aromatic carbocycles. The lowest BCUT2D eigenvalue weighted by Crippen LogP contribution is -2.52. The molecule has 0 radical (unpaired) electrons. The van der Waals surface area contributed by atoms with E-state index in [-0.39, 0.29) is 23.9 Å². The molecule has 7 nitrogen and oxygen atoms in total. The van der Waals surface area contributed by atoms with Gasteiger partial charge in [-0.2, -0.15) is 18.4 Å². The Morgan fingerprint density at radius 2 is 1.76 bits per heavy atom. The number of nitrogens with one attached hydrogen (secondary N) is 1. The summed E-state index contributed by atoms with van der Waals surface area (Å²) < 4.78 is 45.8. The molecule has 3 unspecified atom stereocenters. The summed E-state index contributed by atoms with van der Waals surface area (Å²) in [6, 6.07) is 12.8. The highest BCUT2D eigenvalue weighted by molar-refractivity contribution is 5.83. The second kappa shape index (κ2) is 7.29. The van der Waals surface area contributed by atoms with E-state index in [2.05, 4.69) is 20.6 Å². The second-order valence-corrected chi connectivity index (χ2v) is 8.93. The van der Waals surface area contributed by atoms with E-state index >= 15 is 0 Å². The SMILES string of the molecule is O=C(N1C2CCC1CC(C1c3ccccc3Oc3cc(-c4nn[nH]n4)ccc31)C2)C(F)(F)F. The summed E-state index contributed by atoms with van der Waals surface area (Å²) in [5.41, 5.74) is 2.77. The highest BCUT2D eigenvalue weighted by Gasteiger charge is 2.53. The second-order valence-electron chi connectivity index (χ2n) is 8.93. The van der Waals surface area contributed by atoms with Crippen molar-refractivity contribution in [2.45, 2.75) is 49.9 Å². The number of hydrogen-bond donors (Lipinski definition) is 1. The van der Waals surface area contributed by atoms with E-state index in [1.807, 2.05) is 42.5 Å². The molecular formula is C23H20F3N5O2. The van der Waals surface area contributed by atoms with Gasteiger partial charge in [0, 0.05) is 34.7 Å². The minimum atomic E-state index is -4.84. The van der Waals surface area contributed by atoms with E-state index in [9.17, 15) is 18.0 Å². The molecule has 33 heavy (non-hydrogen) atoms. The average Bonchev–Trinajstić information content (AvgIpc) is 3.42. The third kappa shape index (κ3) is 3.27. The fourth-order valence-corrected chi connectivity index (χ4v) is 5.90. The van der Waals surface area contributed by atoms with E-state index < -0.39 is 12.1 Å². The van der Waals surface area contributed by atoms with Crippen molar-refractivity contribution in [1.82, 2.24) is 25.5 Å². The van der Waals surface area contributed by atoms with Gasteiger partial charge in [-0.05, 0) is 48.9 Å². The van der Waals surface area contributed by atoms with Crippen molar-refractivity contribution in [2.24, 2.45) is 5.92 Å². The molecule has 4 heterocycles. The number of aromatic amines is 1. The van der Waals surface area contributed by atoms with Gasteiger partial charge in [-0.15, -0.1) is 10.2 Å². The van der Waals surface area contributed by atoms with Crippen molar-refractivity contribution in [3.05, 3.63) is 53.6 Å². The van der Waals surface area contributed by atoms with Gasteiger partial charge in [0.25, 0.3) is 0 Å². The van der Waals surface area contributed by atoms with Gasteiger partial charge >= 0.3 is 12.1 Å². The molecule has 3 aliphatic heterocycles. The van der Waals surface area contributed by atoms with E-state index in [1.54, 1.807) is 0 Å². The molecule has 3 aromatic rings. The normalized spacial score (nSPS) is 25.8. The minimum Gasteiger partial charge on any atom is -0.457 e. The van der Waals surface area contributed by atoms with Crippen LogP contribution in [0, 0.1) is 5.92 Å². The number of amides is 1. The Morgan fingerprint density at radius 1 is 1.03 bits per heavy atom. The van der Waals surface area contributed by atoms with Crippen molar-refractivity contribution in [3.8, 4) is 22.9 Å². The molecule has 6 rings (SSSR count). The van der Waals surface area contributed by atoms with Gasteiger partial charge in [-0.1, -0.05) is 30.3 Å². The molecule has 0 spiro atoms. The molecule has 3 atom stereocenters. The van der Waals surface area contributed by atoms with Crippen LogP contribution in [-0.4, -0.2) is 49.7 Å². The summed E-state index contributed by atoms with van der Waals surface area (Å²) in [4.78, 5) is 13.2. The molecule has 2 bridgehead atoms. The summed E-state index contributed by atoms with van der Waals surface area (Å²) in [6.45, 7) is 0. The highest BCUT2D eigenvalue weighted by atomic mass is 19.4. The lowest BCUT2D eigenvalue weighted by Gasteiger charge is -2.43. The van der Waals surface area contributed by atoms with Gasteiger partial charge in [0.05, 0.1) is 0 Å². The Balaban J connectivity index is 1.37. The predicted octanol–water partition coefficient (Wildman–Crippen LogP) is 4.44. The van der Waals surface area contributed by atoms with Crippen LogP contribution >= 0.6 is 0 Å². The summed E-state index contributed by atoms with van der Waals surface area (Å²) in [7, 11) is 0. The lowest BCUT2D eigenvalue weighted by molar-refractivity contribution is -0.190. The molecule has 1 N–H and O–H groups in total. The zero-order valence-electron chi connectivity index (χ0n) is 17.4. The molecule has 0 saturated carbocycles. The van der Waals surface area contributed by atoms with Crippen molar-refractivity contribution >= 4 is 5.91 Å². The predicted molar refractivity (Wildman–Crippen MR) is 110 cm³/mol. The standard InChI is InChI=1S/C23H20F3N5O2/c24-23(25,26)22(32)31-14-6-7-15(31)10-13(9-14)20-16-3-1-2-4-18(16)33-19-11-12(5-8-17(19)20)21-27-29-30-28-21/h1-5,8,11,13-15,20H,6-7,9-10H2,(H,27,28,29,30).